The van der Waals surface area contributed by atoms with Crippen LogP contribution in [0.1, 0.15) is 7.43 Å². The summed E-state index contributed by atoms with van der Waals surface area (Å²) in [6.07, 6.45) is 0. The third-order valence-electron chi connectivity index (χ3n) is 2.88. The monoisotopic (exact) mass is 1870 g/mol. The number of phosphoric ester groups is 3. The van der Waals surface area contributed by atoms with Crippen molar-refractivity contribution < 1.29 is 224 Å². The number of phosphoric acid groups is 3. The molecule has 1 atom stereocenters. The molecule has 0 heterocycles. The van der Waals surface area contributed by atoms with Crippen molar-refractivity contribution in [2.24, 2.45) is 0 Å². The van der Waals surface area contributed by atoms with Crippen molar-refractivity contribution in [3.8, 4) is 0 Å². The van der Waals surface area contributed by atoms with Gasteiger partial charge in [-0.1, -0.05) is 7.43 Å². The van der Waals surface area contributed by atoms with E-state index in [2.05, 4.69) is 45.8 Å². The molecule has 0 fully saturated rings. The van der Waals surface area contributed by atoms with E-state index in [1.165, 1.54) is 49.6 Å². The van der Waals surface area contributed by atoms with Gasteiger partial charge in [-0.2, -0.15) is 0 Å². The van der Waals surface area contributed by atoms with E-state index in [-0.39, 0.29) is 134 Å². The van der Waals surface area contributed by atoms with Crippen LogP contribution in [0.3, 0.4) is 0 Å². The molecule has 308 valence electrons. The van der Waals surface area contributed by atoms with Crippen LogP contribution in [-0.4, -0.2) is 85.1 Å². The molecule has 0 aliphatic rings. The van der Waals surface area contributed by atoms with Crippen LogP contribution in [-0.2, 0) is 194 Å². The third-order valence-corrected chi connectivity index (χ3v) is 8.65. The van der Waals surface area contributed by atoms with Gasteiger partial charge in [-0.25, -0.2) is 14.2 Å². The van der Waals surface area contributed by atoms with Gasteiger partial charge in [0.1, 0.15) is 0 Å². The quantitative estimate of drug-likeness (QED) is 0.175. The van der Waals surface area contributed by atoms with E-state index in [9.17, 15) is 56.8 Å². The van der Waals surface area contributed by atoms with Crippen molar-refractivity contribution in [1.82, 2.24) is 15.3 Å². The number of nitrogens with one attached hydrogen (secondary N) is 3. The zero-order valence-corrected chi connectivity index (χ0v) is 50.2. The summed E-state index contributed by atoms with van der Waals surface area (Å²) in [6, 6.07) is 0. The van der Waals surface area contributed by atoms with Crippen molar-refractivity contribution in [3.63, 3.8) is 0 Å². The number of hydrogen-bond acceptors (Lipinski definition) is 21. The van der Waals surface area contributed by atoms with Crippen LogP contribution >= 0.6 is 46.7 Å². The predicted molar refractivity (Wildman–Crippen MR) is 143 cm³/mol. The SMILES string of the molecule is C.CNP(=O)(OC)OC.CNP(=O)([O-])OC.CNP(=O)([O-])[O-].COP(=O)(OC)OC.COP(=O)([O-])OC.COP(=O)([O-])[O-].[W].[W].[W].[W].[W].[W]. The second-order valence-electron chi connectivity index (χ2n) is 5.15. The van der Waals surface area contributed by atoms with Gasteiger partial charge in [0, 0.05) is 190 Å². The van der Waals surface area contributed by atoms with Crippen LogP contribution in [0, 0.1) is 0 Å². The zero-order chi connectivity index (χ0) is 35.5. The van der Waals surface area contributed by atoms with Crippen LogP contribution in [0.4, 0.5) is 0 Å². The van der Waals surface area contributed by atoms with Crippen LogP contribution in [0.5, 0.6) is 0 Å². The number of rotatable bonds is 12. The maximum atomic E-state index is 10.8. The average molecular weight is 1870 g/mol. The summed E-state index contributed by atoms with van der Waals surface area (Å²) in [6.45, 7) is 0. The fourth-order valence-corrected chi connectivity index (χ4v) is 1.94. The first kappa shape index (κ1) is 90.1. The van der Waals surface area contributed by atoms with E-state index in [0.29, 0.717) is 0 Å². The van der Waals surface area contributed by atoms with E-state index < -0.39 is 46.7 Å². The molecule has 0 aromatic carbocycles. The normalized spacial score (nSPS) is 11.1. The largest absolute Gasteiger partial charge is 0.799 e. The minimum absolute atomic E-state index is 0. The maximum Gasteiger partial charge on any atom is 0.473 e. The van der Waals surface area contributed by atoms with Crippen molar-refractivity contribution in [1.29, 1.82) is 0 Å². The van der Waals surface area contributed by atoms with Gasteiger partial charge < -0.3 is 65.6 Å². The molecule has 36 heteroatoms. The fraction of sp³-hybridized carbons (Fsp3) is 1.00. The Labute approximate surface area is 374 Å². The molecule has 0 spiro atoms. The Balaban J connectivity index is -0.0000000281. The van der Waals surface area contributed by atoms with Gasteiger partial charge in [0.25, 0.3) is 7.82 Å². The minimum atomic E-state index is -4.65. The predicted octanol–water partition coefficient (Wildman–Crippen LogP) is -2.17. The van der Waals surface area contributed by atoms with E-state index >= 15 is 0 Å². The second-order valence-corrected chi connectivity index (χ2v) is 15.4. The Hall–Kier alpha value is 4.79. The Morgan fingerprint density at radius 1 is 0.408 bits per heavy atom. The molecular formula is C13H43N3O21P6W6-6. The van der Waals surface area contributed by atoms with Crippen LogP contribution in [0.25, 0.3) is 0 Å². The Bertz CT molecular complexity index is 813. The summed E-state index contributed by atoms with van der Waals surface area (Å²) in [5.74, 6) is 0. The summed E-state index contributed by atoms with van der Waals surface area (Å²) >= 11 is 0. The molecule has 0 radical (unpaired) electrons. The third kappa shape index (κ3) is 81.8. The van der Waals surface area contributed by atoms with Gasteiger partial charge in [0.2, 0.25) is 7.75 Å². The van der Waals surface area contributed by atoms with Crippen molar-refractivity contribution in [2.45, 2.75) is 7.43 Å². The van der Waals surface area contributed by atoms with Crippen LogP contribution < -0.4 is 44.6 Å². The first-order chi connectivity index (χ1) is 18.7. The van der Waals surface area contributed by atoms with Gasteiger partial charge >= 0.3 is 15.6 Å². The molecule has 0 amide bonds. The second kappa shape index (κ2) is 50.8. The van der Waals surface area contributed by atoms with Crippen molar-refractivity contribution in [3.05, 3.63) is 0 Å². The molecule has 0 saturated carbocycles. The molecule has 0 aromatic rings. The Kier molecular flexibility index (Phi) is 93.4. The van der Waals surface area contributed by atoms with Crippen LogP contribution in [0.15, 0.2) is 0 Å². The minimum Gasteiger partial charge on any atom is -0.799 e. The Morgan fingerprint density at radius 2 is 0.653 bits per heavy atom. The average Bonchev–Trinajstić information content (AvgIpc) is 2.97. The summed E-state index contributed by atoms with van der Waals surface area (Å²) in [5, 5.41) is 5.91. The maximum absolute atomic E-state index is 10.8. The topological polar surface area (TPSA) is 360 Å². The summed E-state index contributed by atoms with van der Waals surface area (Å²) < 4.78 is 97.1. The molecule has 24 nitrogen and oxygen atoms in total. The molecule has 0 rings (SSSR count). The van der Waals surface area contributed by atoms with Gasteiger partial charge in [0.05, 0.1) is 7.82 Å². The smallest absolute Gasteiger partial charge is 0.473 e. The number of hydrogen-bond donors (Lipinski definition) is 3. The molecular weight excluding hydrogens is 1820 g/mol. The van der Waals surface area contributed by atoms with Gasteiger partial charge in [-0.15, -0.1) is 0 Å². The first-order valence-electron chi connectivity index (χ1n) is 9.68. The fourth-order valence-electron chi connectivity index (χ4n) is 0.647. The molecule has 0 aliphatic carbocycles. The molecule has 0 aliphatic heterocycles. The molecule has 1 unspecified atom stereocenters. The standard InChI is InChI=1S/C3H10NO3P.C3H9O4P.C2H8NO3P.C2H7O4P.CH6NO3P.CH5O4P.CH4.6W/c1-4-8(5,6-2)7-3;1-5-8(4,6-2)7-3;1-3-7(4,5)6-2;1-5-7(3,4)6-2;1-2-6(3,4)5;1-5-6(2,3)4;;;;;;;/h1-3H3,(H,4,5);1-3H3;1-2H3,(H2,3,4,5);1-2H3,(H,3,4);1H3,(H3,2,3,4,5);1H3,(H2,2,3,4);1H4;;;;;;/p-6. The van der Waals surface area contributed by atoms with E-state index in [4.69, 9.17) is 0 Å². The molecule has 3 N–H and O–H groups in total. The first-order valence-corrected chi connectivity index (χ1v) is 18.7. The molecule has 0 saturated heterocycles. The van der Waals surface area contributed by atoms with Crippen molar-refractivity contribution in [2.75, 3.05) is 85.1 Å². The zero-order valence-electron chi connectivity index (χ0n) is 27.2. The Morgan fingerprint density at radius 3 is 0.653 bits per heavy atom. The molecule has 0 aromatic heterocycles. The van der Waals surface area contributed by atoms with Gasteiger partial charge in [-0.3, -0.25) is 32.9 Å². The summed E-state index contributed by atoms with van der Waals surface area (Å²) in [4.78, 5) is 57.2. The van der Waals surface area contributed by atoms with Crippen LogP contribution in [0.2, 0.25) is 0 Å². The molecule has 0 bridgehead atoms. The summed E-state index contributed by atoms with van der Waals surface area (Å²) in [7, 11) is -8.40. The molecule has 49 heavy (non-hydrogen) atoms. The van der Waals surface area contributed by atoms with Gasteiger partial charge in [-0.05, 0) is 28.9 Å². The van der Waals surface area contributed by atoms with Crippen molar-refractivity contribution >= 4 is 46.7 Å². The van der Waals surface area contributed by atoms with E-state index in [1.54, 1.807) is 5.09 Å². The van der Waals surface area contributed by atoms with Gasteiger partial charge in [0.15, 0.2) is 0 Å². The summed E-state index contributed by atoms with van der Waals surface area (Å²) in [5.41, 5.74) is 0. The van der Waals surface area contributed by atoms with E-state index in [1.807, 2.05) is 5.09 Å². The van der Waals surface area contributed by atoms with E-state index in [0.717, 1.165) is 35.5 Å².